The minimum Gasteiger partial charge on any atom is -0.396 e. The first-order valence-electron chi connectivity index (χ1n) is 4.76. The summed E-state index contributed by atoms with van der Waals surface area (Å²) in [5, 5.41) is 36.2. The second kappa shape index (κ2) is 5.56. The minimum atomic E-state index is -1.24. The Balaban J connectivity index is 2.92. The van der Waals surface area contributed by atoms with Gasteiger partial charge in [-0.3, -0.25) is 0 Å². The predicted octanol–water partition coefficient (Wildman–Crippen LogP) is 0.474. The molecular formula is C11H12FNO3. The van der Waals surface area contributed by atoms with Gasteiger partial charge in [0.15, 0.2) is 0 Å². The maximum absolute atomic E-state index is 13.0. The van der Waals surface area contributed by atoms with Gasteiger partial charge >= 0.3 is 0 Å². The van der Waals surface area contributed by atoms with Gasteiger partial charge in [-0.1, -0.05) is 6.07 Å². The van der Waals surface area contributed by atoms with Crippen molar-refractivity contribution in [2.75, 3.05) is 6.61 Å². The molecule has 0 aromatic heterocycles. The molecule has 0 spiro atoms. The smallest absolute Gasteiger partial charge is 0.140 e. The zero-order chi connectivity index (χ0) is 12.1. The second-order valence-electron chi connectivity index (χ2n) is 3.38. The van der Waals surface area contributed by atoms with E-state index in [9.17, 15) is 14.6 Å². The monoisotopic (exact) mass is 225 g/mol. The molecule has 0 aliphatic rings. The minimum absolute atomic E-state index is 0.0143. The summed E-state index contributed by atoms with van der Waals surface area (Å²) in [6.07, 6.45) is -2.36. The molecule has 0 fully saturated rings. The van der Waals surface area contributed by atoms with Crippen molar-refractivity contribution in [2.24, 2.45) is 0 Å². The van der Waals surface area contributed by atoms with Crippen LogP contribution in [0.25, 0.3) is 0 Å². The van der Waals surface area contributed by atoms with Crippen LogP contribution in [0.3, 0.4) is 0 Å². The number of hydrogen-bond donors (Lipinski definition) is 3. The molecule has 2 atom stereocenters. The Bertz CT molecular complexity index is 403. The Kier molecular flexibility index (Phi) is 4.38. The number of nitriles is 1. The van der Waals surface area contributed by atoms with Gasteiger partial charge in [0.25, 0.3) is 0 Å². The molecule has 0 saturated heterocycles. The van der Waals surface area contributed by atoms with Crippen LogP contribution in [0, 0.1) is 17.1 Å². The number of benzene rings is 1. The number of rotatable bonds is 4. The fourth-order valence-corrected chi connectivity index (χ4v) is 1.32. The molecule has 16 heavy (non-hydrogen) atoms. The lowest BCUT2D eigenvalue weighted by molar-refractivity contribution is 0.00417. The molecule has 1 aromatic rings. The third-order valence-electron chi connectivity index (χ3n) is 2.24. The lowest BCUT2D eigenvalue weighted by atomic mass is 10.0. The van der Waals surface area contributed by atoms with E-state index in [4.69, 9.17) is 10.4 Å². The summed E-state index contributed by atoms with van der Waals surface area (Å²) >= 11 is 0. The third kappa shape index (κ3) is 2.76. The van der Waals surface area contributed by atoms with Gasteiger partial charge < -0.3 is 15.3 Å². The maximum atomic E-state index is 13.0. The van der Waals surface area contributed by atoms with Gasteiger partial charge in [0.1, 0.15) is 18.0 Å². The standard InChI is InChI=1S/C11H12FNO3/c12-9-2-1-7(5-8(9)6-13)11(16)10(15)3-4-14/h1-2,5,10-11,14-16H,3-4H2. The zero-order valence-electron chi connectivity index (χ0n) is 8.47. The normalized spacial score (nSPS) is 14.2. The number of aliphatic hydroxyl groups is 3. The molecular weight excluding hydrogens is 213 g/mol. The van der Waals surface area contributed by atoms with Crippen LogP contribution >= 0.6 is 0 Å². The molecule has 3 N–H and O–H groups in total. The first-order chi connectivity index (χ1) is 7.60. The molecule has 1 rings (SSSR count). The number of halogens is 1. The molecule has 0 saturated carbocycles. The Morgan fingerprint density at radius 2 is 2.06 bits per heavy atom. The lowest BCUT2D eigenvalue weighted by Crippen LogP contribution is -2.19. The van der Waals surface area contributed by atoms with E-state index >= 15 is 0 Å². The van der Waals surface area contributed by atoms with E-state index in [0.29, 0.717) is 0 Å². The van der Waals surface area contributed by atoms with Crippen LogP contribution in [0.1, 0.15) is 23.7 Å². The summed E-state index contributed by atoms with van der Waals surface area (Å²) < 4.78 is 13.0. The van der Waals surface area contributed by atoms with Crippen molar-refractivity contribution < 1.29 is 19.7 Å². The van der Waals surface area contributed by atoms with Crippen LogP contribution in [-0.4, -0.2) is 28.0 Å². The Morgan fingerprint density at radius 3 is 2.62 bits per heavy atom. The highest BCUT2D eigenvalue weighted by molar-refractivity contribution is 5.35. The molecule has 4 nitrogen and oxygen atoms in total. The second-order valence-corrected chi connectivity index (χ2v) is 3.38. The van der Waals surface area contributed by atoms with Crippen LogP contribution in [-0.2, 0) is 0 Å². The zero-order valence-corrected chi connectivity index (χ0v) is 8.47. The van der Waals surface area contributed by atoms with E-state index in [1.54, 1.807) is 6.07 Å². The highest BCUT2D eigenvalue weighted by Crippen LogP contribution is 2.21. The summed E-state index contributed by atoms with van der Waals surface area (Å²) in [7, 11) is 0. The Labute approximate surface area is 92.2 Å². The highest BCUT2D eigenvalue weighted by Gasteiger charge is 2.18. The summed E-state index contributed by atoms with van der Waals surface area (Å²) in [4.78, 5) is 0. The summed E-state index contributed by atoms with van der Waals surface area (Å²) in [5.41, 5.74) is 0.0617. The fraction of sp³-hybridized carbons (Fsp3) is 0.364. The third-order valence-corrected chi connectivity index (χ3v) is 2.24. The van der Waals surface area contributed by atoms with Crippen molar-refractivity contribution in [1.29, 1.82) is 5.26 Å². The SMILES string of the molecule is N#Cc1cc(C(O)C(O)CCO)ccc1F. The highest BCUT2D eigenvalue weighted by atomic mass is 19.1. The van der Waals surface area contributed by atoms with Crippen molar-refractivity contribution in [1.82, 2.24) is 0 Å². The quantitative estimate of drug-likeness (QED) is 0.695. The van der Waals surface area contributed by atoms with E-state index in [2.05, 4.69) is 0 Å². The summed E-state index contributed by atoms with van der Waals surface area (Å²) in [6.45, 7) is -0.259. The van der Waals surface area contributed by atoms with Crippen LogP contribution in [0.15, 0.2) is 18.2 Å². The molecule has 0 amide bonds. The number of aliphatic hydroxyl groups excluding tert-OH is 3. The molecule has 5 heteroatoms. The van der Waals surface area contributed by atoms with Crippen molar-refractivity contribution in [2.45, 2.75) is 18.6 Å². The van der Waals surface area contributed by atoms with E-state index in [-0.39, 0.29) is 24.2 Å². The van der Waals surface area contributed by atoms with Crippen molar-refractivity contribution in [3.05, 3.63) is 35.1 Å². The van der Waals surface area contributed by atoms with Crippen LogP contribution in [0.2, 0.25) is 0 Å². The molecule has 0 aliphatic carbocycles. The van der Waals surface area contributed by atoms with E-state index in [0.717, 1.165) is 6.07 Å². The molecule has 0 heterocycles. The van der Waals surface area contributed by atoms with Gasteiger partial charge in [-0.15, -0.1) is 0 Å². The van der Waals surface area contributed by atoms with Crippen LogP contribution in [0.5, 0.6) is 0 Å². The number of hydrogen-bond acceptors (Lipinski definition) is 4. The van der Waals surface area contributed by atoms with Crippen molar-refractivity contribution >= 4 is 0 Å². The lowest BCUT2D eigenvalue weighted by Gasteiger charge is -2.17. The van der Waals surface area contributed by atoms with Gasteiger partial charge in [0, 0.05) is 6.61 Å². The molecule has 2 unspecified atom stereocenters. The maximum Gasteiger partial charge on any atom is 0.140 e. The fourth-order valence-electron chi connectivity index (χ4n) is 1.32. The molecule has 86 valence electrons. The molecule has 0 radical (unpaired) electrons. The van der Waals surface area contributed by atoms with E-state index < -0.39 is 18.0 Å². The van der Waals surface area contributed by atoms with E-state index in [1.807, 2.05) is 0 Å². The van der Waals surface area contributed by atoms with Gasteiger partial charge in [-0.25, -0.2) is 4.39 Å². The molecule has 0 bridgehead atoms. The summed E-state index contributed by atoms with van der Waals surface area (Å²) in [6, 6.07) is 5.18. The largest absolute Gasteiger partial charge is 0.396 e. The Morgan fingerprint density at radius 1 is 1.38 bits per heavy atom. The van der Waals surface area contributed by atoms with Crippen LogP contribution < -0.4 is 0 Å². The average molecular weight is 225 g/mol. The van der Waals surface area contributed by atoms with Crippen LogP contribution in [0.4, 0.5) is 4.39 Å². The topological polar surface area (TPSA) is 84.5 Å². The van der Waals surface area contributed by atoms with Gasteiger partial charge in [0.05, 0.1) is 11.7 Å². The predicted molar refractivity (Wildman–Crippen MR) is 53.8 cm³/mol. The Hall–Kier alpha value is -1.48. The van der Waals surface area contributed by atoms with Gasteiger partial charge in [-0.05, 0) is 24.1 Å². The van der Waals surface area contributed by atoms with Gasteiger partial charge in [-0.2, -0.15) is 5.26 Å². The van der Waals surface area contributed by atoms with E-state index in [1.165, 1.54) is 12.1 Å². The first-order valence-corrected chi connectivity index (χ1v) is 4.76. The average Bonchev–Trinajstić information content (AvgIpc) is 2.29. The number of nitrogens with zero attached hydrogens (tertiary/aromatic N) is 1. The first kappa shape index (κ1) is 12.6. The molecule has 0 aliphatic heterocycles. The van der Waals surface area contributed by atoms with Gasteiger partial charge in [0.2, 0.25) is 0 Å². The van der Waals surface area contributed by atoms with Crippen molar-refractivity contribution in [3.8, 4) is 6.07 Å². The van der Waals surface area contributed by atoms with Crippen molar-refractivity contribution in [3.63, 3.8) is 0 Å². The summed E-state index contributed by atoms with van der Waals surface area (Å²) in [5.74, 6) is -0.671. The molecule has 1 aromatic carbocycles.